The molecule has 1 N–H and O–H groups in total. The monoisotopic (exact) mass is 473 g/mol. The molecule has 1 aromatic carbocycles. The maximum absolute atomic E-state index is 8.67. The fourth-order valence-electron chi connectivity index (χ4n) is 4.16. The number of benzene rings is 1. The Balaban J connectivity index is 1.68. The van der Waals surface area contributed by atoms with Crippen LogP contribution in [0.1, 0.15) is 43.4 Å². The summed E-state index contributed by atoms with van der Waals surface area (Å²) in [5.74, 6) is 1.27. The Morgan fingerprint density at radius 3 is 2.31 bits per heavy atom. The summed E-state index contributed by atoms with van der Waals surface area (Å²) in [6, 6.07) is 7.73. The first-order chi connectivity index (χ1) is 15.4. The van der Waals surface area contributed by atoms with Gasteiger partial charge in [0.1, 0.15) is 11.7 Å². The Labute approximate surface area is 202 Å². The largest absolute Gasteiger partial charge is 0.372 e. The van der Waals surface area contributed by atoms with E-state index >= 15 is 0 Å². The predicted molar refractivity (Wildman–Crippen MR) is 137 cm³/mol. The number of nitrogens with one attached hydrogen (secondary N) is 1. The van der Waals surface area contributed by atoms with Crippen molar-refractivity contribution in [3.05, 3.63) is 63.8 Å². The molecule has 2 heterocycles. The Kier molecular flexibility index (Phi) is 8.44. The van der Waals surface area contributed by atoms with Crippen molar-refractivity contribution in [3.63, 3.8) is 0 Å². The summed E-state index contributed by atoms with van der Waals surface area (Å²) in [5.41, 5.74) is 3.77. The van der Waals surface area contributed by atoms with Gasteiger partial charge in [-0.1, -0.05) is 55.8 Å². The van der Waals surface area contributed by atoms with Gasteiger partial charge >= 0.3 is 0 Å². The molecule has 1 aromatic heterocycles. The number of amidine groups is 1. The highest BCUT2D eigenvalue weighted by atomic mass is 35.5. The van der Waals surface area contributed by atoms with Crippen LogP contribution >= 0.6 is 23.2 Å². The Morgan fingerprint density at radius 1 is 1.09 bits per heavy atom. The van der Waals surface area contributed by atoms with Crippen molar-refractivity contribution >= 4 is 40.6 Å². The molecule has 0 amide bonds. The molecule has 0 radical (unpaired) electrons. The standard InChI is InChI=1S/C25H33Cl2N5/c1-5-10-30(11-6-2)19(4)20-16-22(27)25(29-17-20)32-14-12-31(13-15-32)24(28)23-18(3)8-7-9-21(23)26/h7-9,16-17,28H,4-6,10-15H2,1-3H3. The van der Waals surface area contributed by atoms with Gasteiger partial charge in [0.05, 0.1) is 10.0 Å². The molecule has 1 saturated heterocycles. The van der Waals surface area contributed by atoms with E-state index in [1.54, 1.807) is 0 Å². The van der Waals surface area contributed by atoms with Crippen LogP contribution in [0.5, 0.6) is 0 Å². The van der Waals surface area contributed by atoms with E-state index in [-0.39, 0.29) is 0 Å². The van der Waals surface area contributed by atoms with E-state index in [4.69, 9.17) is 33.6 Å². The maximum Gasteiger partial charge on any atom is 0.147 e. The van der Waals surface area contributed by atoms with Gasteiger partial charge in [0.2, 0.25) is 0 Å². The summed E-state index contributed by atoms with van der Waals surface area (Å²) >= 11 is 13.0. The Bertz CT molecular complexity index is 941. The second kappa shape index (κ2) is 11.1. The Morgan fingerprint density at radius 2 is 1.75 bits per heavy atom. The van der Waals surface area contributed by atoms with Crippen molar-refractivity contribution in [2.24, 2.45) is 0 Å². The molecule has 0 bridgehead atoms. The number of rotatable bonds is 8. The number of hydrogen-bond acceptors (Lipinski definition) is 4. The number of nitrogens with zero attached hydrogens (tertiary/aromatic N) is 4. The van der Waals surface area contributed by atoms with Crippen molar-refractivity contribution in [1.29, 1.82) is 5.41 Å². The molecule has 7 heteroatoms. The van der Waals surface area contributed by atoms with Crippen LogP contribution in [0.2, 0.25) is 10.0 Å². The fraction of sp³-hybridized carbons (Fsp3) is 0.440. The van der Waals surface area contributed by atoms with Gasteiger partial charge < -0.3 is 14.7 Å². The van der Waals surface area contributed by atoms with Gasteiger partial charge in [0.15, 0.2) is 0 Å². The molecule has 3 rings (SSSR count). The fourth-order valence-corrected chi connectivity index (χ4v) is 4.75. The lowest BCUT2D eigenvalue weighted by molar-refractivity contribution is 0.383. The topological polar surface area (TPSA) is 46.5 Å². The highest BCUT2D eigenvalue weighted by molar-refractivity contribution is 6.34. The van der Waals surface area contributed by atoms with Crippen LogP contribution in [-0.4, -0.2) is 59.9 Å². The van der Waals surface area contributed by atoms with Gasteiger partial charge in [-0.05, 0) is 37.5 Å². The minimum Gasteiger partial charge on any atom is -0.372 e. The summed E-state index contributed by atoms with van der Waals surface area (Å²) in [4.78, 5) is 11.3. The average molecular weight is 474 g/mol. The average Bonchev–Trinajstić information content (AvgIpc) is 2.78. The first kappa shape index (κ1) is 24.4. The molecule has 0 unspecified atom stereocenters. The molecule has 0 saturated carbocycles. The molecular weight excluding hydrogens is 441 g/mol. The van der Waals surface area contributed by atoms with Crippen molar-refractivity contribution in [1.82, 2.24) is 14.8 Å². The zero-order valence-corrected chi connectivity index (χ0v) is 20.8. The van der Waals surface area contributed by atoms with Crippen LogP contribution in [0.4, 0.5) is 5.82 Å². The first-order valence-corrected chi connectivity index (χ1v) is 12.1. The number of aryl methyl sites for hydroxylation is 1. The van der Waals surface area contributed by atoms with Crippen molar-refractivity contribution < 1.29 is 0 Å². The molecule has 1 aliphatic rings. The number of anilines is 1. The quantitative estimate of drug-likeness (QED) is 0.380. The third kappa shape index (κ3) is 5.38. The minimum atomic E-state index is 0.477. The molecule has 0 aliphatic carbocycles. The van der Waals surface area contributed by atoms with E-state index in [9.17, 15) is 0 Å². The molecule has 172 valence electrons. The lowest BCUT2D eigenvalue weighted by Crippen LogP contribution is -2.49. The van der Waals surface area contributed by atoms with Gasteiger partial charge in [0.25, 0.3) is 0 Å². The van der Waals surface area contributed by atoms with Crippen molar-refractivity contribution in [3.8, 4) is 0 Å². The smallest absolute Gasteiger partial charge is 0.147 e. The van der Waals surface area contributed by atoms with Gasteiger partial charge in [-0.15, -0.1) is 0 Å². The Hall–Kier alpha value is -2.24. The van der Waals surface area contributed by atoms with Gasteiger partial charge in [-0.3, -0.25) is 5.41 Å². The third-order valence-electron chi connectivity index (χ3n) is 5.88. The van der Waals surface area contributed by atoms with Crippen molar-refractivity contribution in [2.45, 2.75) is 33.6 Å². The lowest BCUT2D eigenvalue weighted by Gasteiger charge is -2.37. The summed E-state index contributed by atoms with van der Waals surface area (Å²) in [6.07, 6.45) is 4.03. The van der Waals surface area contributed by atoms with E-state index < -0.39 is 0 Å². The van der Waals surface area contributed by atoms with Crippen LogP contribution in [-0.2, 0) is 0 Å². The van der Waals surface area contributed by atoms with Crippen LogP contribution in [0, 0.1) is 12.3 Å². The molecule has 32 heavy (non-hydrogen) atoms. The first-order valence-electron chi connectivity index (χ1n) is 11.3. The summed E-state index contributed by atoms with van der Waals surface area (Å²) in [7, 11) is 0. The van der Waals surface area contributed by atoms with Crippen LogP contribution in [0.3, 0.4) is 0 Å². The minimum absolute atomic E-state index is 0.477. The number of piperazine rings is 1. The number of pyridine rings is 1. The zero-order chi connectivity index (χ0) is 23.3. The molecular formula is C25H33Cl2N5. The van der Waals surface area contributed by atoms with E-state index in [2.05, 4.69) is 35.1 Å². The molecule has 1 fully saturated rings. The van der Waals surface area contributed by atoms with Gasteiger partial charge in [0, 0.05) is 62.3 Å². The maximum atomic E-state index is 8.67. The molecule has 0 atom stereocenters. The van der Waals surface area contributed by atoms with E-state index in [0.29, 0.717) is 15.9 Å². The van der Waals surface area contributed by atoms with Crippen LogP contribution < -0.4 is 4.90 Å². The molecule has 2 aromatic rings. The summed E-state index contributed by atoms with van der Waals surface area (Å²) < 4.78 is 0. The lowest BCUT2D eigenvalue weighted by atomic mass is 10.1. The van der Waals surface area contributed by atoms with E-state index in [1.165, 1.54) is 0 Å². The van der Waals surface area contributed by atoms with Gasteiger partial charge in [-0.2, -0.15) is 0 Å². The highest BCUT2D eigenvalue weighted by Crippen LogP contribution is 2.29. The van der Waals surface area contributed by atoms with E-state index in [1.807, 2.05) is 37.4 Å². The van der Waals surface area contributed by atoms with Crippen molar-refractivity contribution in [2.75, 3.05) is 44.2 Å². The summed E-state index contributed by atoms with van der Waals surface area (Å²) in [5, 5.41) is 9.93. The van der Waals surface area contributed by atoms with E-state index in [0.717, 1.165) is 80.3 Å². The number of halogens is 2. The SMILES string of the molecule is C=C(c1cnc(N2CCN(C(=N)c3c(C)cccc3Cl)CC2)c(Cl)c1)N(CCC)CCC. The number of hydrogen-bond donors (Lipinski definition) is 1. The summed E-state index contributed by atoms with van der Waals surface area (Å²) in [6.45, 7) is 15.5. The van der Waals surface area contributed by atoms with Gasteiger partial charge in [-0.25, -0.2) is 4.98 Å². The molecule has 0 spiro atoms. The molecule has 5 nitrogen and oxygen atoms in total. The zero-order valence-electron chi connectivity index (χ0n) is 19.3. The highest BCUT2D eigenvalue weighted by Gasteiger charge is 2.24. The molecule has 1 aliphatic heterocycles. The normalized spacial score (nSPS) is 13.9. The van der Waals surface area contributed by atoms with Crippen LogP contribution in [0.15, 0.2) is 37.0 Å². The second-order valence-corrected chi connectivity index (χ2v) is 9.03. The second-order valence-electron chi connectivity index (χ2n) is 8.22. The number of aromatic nitrogens is 1. The third-order valence-corrected chi connectivity index (χ3v) is 6.47. The predicted octanol–water partition coefficient (Wildman–Crippen LogP) is 5.94. The van der Waals surface area contributed by atoms with Crippen LogP contribution in [0.25, 0.3) is 5.70 Å².